The van der Waals surface area contributed by atoms with Gasteiger partial charge in [-0.25, -0.2) is 0 Å². The van der Waals surface area contributed by atoms with Gasteiger partial charge in [0.2, 0.25) is 0 Å². The van der Waals surface area contributed by atoms with E-state index in [1.165, 1.54) is 0 Å². The van der Waals surface area contributed by atoms with Crippen LogP contribution in [-0.4, -0.2) is 60.8 Å². The van der Waals surface area contributed by atoms with Crippen molar-refractivity contribution in [3.63, 3.8) is 0 Å². The van der Waals surface area contributed by atoms with Crippen molar-refractivity contribution >= 4 is 33.9 Å². The number of fused-ring (bicyclic) bond motifs is 1. The van der Waals surface area contributed by atoms with E-state index in [4.69, 9.17) is 21.7 Å². The van der Waals surface area contributed by atoms with Crippen molar-refractivity contribution in [2.75, 3.05) is 46.2 Å². The van der Waals surface area contributed by atoms with E-state index in [1.807, 2.05) is 74.4 Å². The average Bonchev–Trinajstić information content (AvgIpc) is 2.79. The molecule has 0 atom stereocenters. The van der Waals surface area contributed by atoms with Gasteiger partial charge in [-0.05, 0) is 94.1 Å². The number of H-pyrrole nitrogens is 1. The number of nitrogens with one attached hydrogen (secondary N) is 2. The van der Waals surface area contributed by atoms with E-state index in [0.29, 0.717) is 29.6 Å². The third-order valence-corrected chi connectivity index (χ3v) is 5.59. The van der Waals surface area contributed by atoms with Crippen molar-refractivity contribution in [1.29, 1.82) is 0 Å². The molecule has 2 aromatic carbocycles. The lowest BCUT2D eigenvalue weighted by Crippen LogP contribution is -2.37. The lowest BCUT2D eigenvalue weighted by molar-refractivity contribution is 0.340. The van der Waals surface area contributed by atoms with Crippen LogP contribution in [0.1, 0.15) is 18.9 Å². The second kappa shape index (κ2) is 11.7. The van der Waals surface area contributed by atoms with Gasteiger partial charge in [0.1, 0.15) is 11.5 Å². The smallest absolute Gasteiger partial charge is 0.253 e. The van der Waals surface area contributed by atoms with E-state index >= 15 is 0 Å². The van der Waals surface area contributed by atoms with Crippen LogP contribution in [0.25, 0.3) is 10.9 Å². The van der Waals surface area contributed by atoms with Crippen LogP contribution in [-0.2, 0) is 6.54 Å². The zero-order chi connectivity index (χ0) is 23.8. The normalized spacial score (nSPS) is 10.9. The van der Waals surface area contributed by atoms with Gasteiger partial charge in [0.25, 0.3) is 5.56 Å². The maximum Gasteiger partial charge on any atom is 0.253 e. The minimum absolute atomic E-state index is 0.128. The third kappa shape index (κ3) is 6.94. The zero-order valence-corrected chi connectivity index (χ0v) is 20.5. The summed E-state index contributed by atoms with van der Waals surface area (Å²) >= 11 is 5.73. The Kier molecular flexibility index (Phi) is 8.68. The van der Waals surface area contributed by atoms with Crippen LogP contribution in [0, 0.1) is 0 Å². The summed E-state index contributed by atoms with van der Waals surface area (Å²) in [4.78, 5) is 20.0. The van der Waals surface area contributed by atoms with Gasteiger partial charge in [0.15, 0.2) is 5.11 Å². The summed E-state index contributed by atoms with van der Waals surface area (Å²) in [7, 11) is 5.70. The zero-order valence-electron chi connectivity index (χ0n) is 19.7. The van der Waals surface area contributed by atoms with Crippen molar-refractivity contribution < 1.29 is 9.47 Å². The van der Waals surface area contributed by atoms with Crippen LogP contribution in [0.3, 0.4) is 0 Å². The van der Waals surface area contributed by atoms with Gasteiger partial charge in [0, 0.05) is 23.9 Å². The molecule has 0 bridgehead atoms. The number of pyridine rings is 1. The lowest BCUT2D eigenvalue weighted by Gasteiger charge is -2.26. The summed E-state index contributed by atoms with van der Waals surface area (Å²) < 4.78 is 10.8. The number of benzene rings is 2. The van der Waals surface area contributed by atoms with Gasteiger partial charge in [0.05, 0.1) is 25.8 Å². The molecule has 3 rings (SSSR count). The fraction of sp³-hybridized carbons (Fsp3) is 0.360. The Morgan fingerprint density at radius 2 is 1.79 bits per heavy atom. The molecule has 2 N–H and O–H groups in total. The Labute approximate surface area is 200 Å². The highest BCUT2D eigenvalue weighted by Gasteiger charge is 2.14. The predicted octanol–water partition coefficient (Wildman–Crippen LogP) is 4.09. The first-order chi connectivity index (χ1) is 15.9. The van der Waals surface area contributed by atoms with Gasteiger partial charge >= 0.3 is 0 Å². The second-order valence-corrected chi connectivity index (χ2v) is 8.43. The van der Waals surface area contributed by atoms with Gasteiger partial charge in [-0.2, -0.15) is 0 Å². The number of aromatic amines is 1. The molecule has 0 amide bonds. The molecular weight excluding hydrogens is 436 g/mol. The minimum atomic E-state index is -0.128. The van der Waals surface area contributed by atoms with E-state index in [2.05, 4.69) is 15.2 Å². The maximum absolute atomic E-state index is 12.8. The number of anilines is 1. The van der Waals surface area contributed by atoms with Gasteiger partial charge < -0.3 is 29.6 Å². The molecule has 0 aliphatic heterocycles. The molecule has 0 fully saturated rings. The van der Waals surface area contributed by atoms with Gasteiger partial charge in [-0.15, -0.1) is 0 Å². The van der Waals surface area contributed by atoms with Crippen LogP contribution < -0.4 is 20.3 Å². The molecule has 0 saturated carbocycles. The molecule has 176 valence electrons. The van der Waals surface area contributed by atoms with E-state index in [1.54, 1.807) is 7.11 Å². The van der Waals surface area contributed by atoms with Crippen LogP contribution in [0.5, 0.6) is 11.5 Å². The molecular formula is C25H32N4O3S. The summed E-state index contributed by atoms with van der Waals surface area (Å²) in [5, 5.41) is 4.83. The number of rotatable bonds is 10. The number of hydrogen-bond donors (Lipinski definition) is 2. The molecule has 8 heteroatoms. The monoisotopic (exact) mass is 468 g/mol. The largest absolute Gasteiger partial charge is 0.497 e. The number of hydrogen-bond acceptors (Lipinski definition) is 5. The molecule has 1 heterocycles. The molecule has 0 aliphatic rings. The molecule has 0 radical (unpaired) electrons. The quantitative estimate of drug-likeness (QED) is 0.435. The summed E-state index contributed by atoms with van der Waals surface area (Å²) in [5.74, 6) is 1.52. The fourth-order valence-corrected chi connectivity index (χ4v) is 3.78. The van der Waals surface area contributed by atoms with Crippen LogP contribution in [0.15, 0.2) is 53.3 Å². The lowest BCUT2D eigenvalue weighted by atomic mass is 10.1. The summed E-state index contributed by atoms with van der Waals surface area (Å²) in [6.07, 6.45) is 0.917. The average molecular weight is 469 g/mol. The van der Waals surface area contributed by atoms with Crippen molar-refractivity contribution in [3.8, 4) is 11.5 Å². The number of nitrogens with zero attached hydrogens (tertiary/aromatic N) is 2. The summed E-state index contributed by atoms with van der Waals surface area (Å²) in [5.41, 5.74) is 2.16. The standard InChI is InChI=1S/C25H32N4O3S/c1-5-32-21-11-8-20(9-12-21)26-25(33)29(14-6-13-28(2)3)17-19-15-18-7-10-22(31-4)16-23(18)27-24(19)30/h7-12,15-16H,5-6,13-14,17H2,1-4H3,(H,26,33)(H,27,30). The Bertz CT molecular complexity index is 1130. The molecule has 7 nitrogen and oxygen atoms in total. The second-order valence-electron chi connectivity index (χ2n) is 8.04. The highest BCUT2D eigenvalue weighted by Crippen LogP contribution is 2.20. The summed E-state index contributed by atoms with van der Waals surface area (Å²) in [6.45, 7) is 4.64. The minimum Gasteiger partial charge on any atom is -0.497 e. The summed E-state index contributed by atoms with van der Waals surface area (Å²) in [6, 6.07) is 15.3. The van der Waals surface area contributed by atoms with Crippen molar-refractivity contribution in [2.45, 2.75) is 19.9 Å². The molecule has 0 spiro atoms. The Balaban J connectivity index is 1.80. The predicted molar refractivity (Wildman–Crippen MR) is 139 cm³/mol. The molecule has 33 heavy (non-hydrogen) atoms. The van der Waals surface area contributed by atoms with E-state index < -0.39 is 0 Å². The highest BCUT2D eigenvalue weighted by molar-refractivity contribution is 7.80. The van der Waals surface area contributed by atoms with E-state index in [9.17, 15) is 4.79 Å². The molecule has 0 aliphatic carbocycles. The van der Waals surface area contributed by atoms with Crippen molar-refractivity contribution in [1.82, 2.24) is 14.8 Å². The molecule has 3 aromatic rings. The fourth-order valence-electron chi connectivity index (χ4n) is 3.51. The van der Waals surface area contributed by atoms with Gasteiger partial charge in [-0.3, -0.25) is 4.79 Å². The first-order valence-corrected chi connectivity index (χ1v) is 11.4. The highest BCUT2D eigenvalue weighted by atomic mass is 32.1. The van der Waals surface area contributed by atoms with E-state index in [-0.39, 0.29) is 5.56 Å². The third-order valence-electron chi connectivity index (χ3n) is 5.23. The molecule has 0 saturated heterocycles. The van der Waals surface area contributed by atoms with Crippen molar-refractivity contribution in [2.24, 2.45) is 0 Å². The maximum atomic E-state index is 12.8. The number of thiocarbonyl (C=S) groups is 1. The molecule has 1 aromatic heterocycles. The van der Waals surface area contributed by atoms with E-state index in [0.717, 1.165) is 41.9 Å². The first kappa shape index (κ1) is 24.5. The van der Waals surface area contributed by atoms with Gasteiger partial charge in [-0.1, -0.05) is 0 Å². The van der Waals surface area contributed by atoms with Crippen LogP contribution in [0.2, 0.25) is 0 Å². The van der Waals surface area contributed by atoms with Crippen LogP contribution >= 0.6 is 12.2 Å². The SMILES string of the molecule is CCOc1ccc(NC(=S)N(CCCN(C)C)Cc2cc3ccc(OC)cc3[nH]c2=O)cc1. The first-order valence-electron chi connectivity index (χ1n) is 11.0. The molecule has 0 unspecified atom stereocenters. The number of ether oxygens (including phenoxy) is 2. The number of aromatic nitrogens is 1. The Morgan fingerprint density at radius 3 is 2.45 bits per heavy atom. The van der Waals surface area contributed by atoms with Crippen molar-refractivity contribution in [3.05, 3.63) is 64.4 Å². The Morgan fingerprint density at radius 1 is 1.06 bits per heavy atom. The van der Waals surface area contributed by atoms with Crippen LogP contribution in [0.4, 0.5) is 5.69 Å². The number of methoxy groups -OCH3 is 1. The topological polar surface area (TPSA) is 69.8 Å². The Hall–Kier alpha value is -3.10.